The number of ether oxygens (including phenoxy) is 1. The summed E-state index contributed by atoms with van der Waals surface area (Å²) in [6.45, 7) is 0.559. The van der Waals surface area contributed by atoms with Gasteiger partial charge in [0.25, 0.3) is 10.0 Å². The van der Waals surface area contributed by atoms with Crippen LogP contribution in [0.4, 0.5) is 14.5 Å². The molecule has 3 aromatic carbocycles. The number of rotatable bonds is 11. The van der Waals surface area contributed by atoms with Crippen LogP contribution in [0.15, 0.2) is 77.7 Å². The summed E-state index contributed by atoms with van der Waals surface area (Å²) in [7, 11) is -2.89. The molecule has 11 heteroatoms. The minimum absolute atomic E-state index is 0.0125. The molecule has 8 nitrogen and oxygen atoms in total. The van der Waals surface area contributed by atoms with Gasteiger partial charge in [0.15, 0.2) is 0 Å². The molecule has 1 aliphatic carbocycles. The van der Waals surface area contributed by atoms with Crippen molar-refractivity contribution < 1.29 is 31.5 Å². The van der Waals surface area contributed by atoms with Gasteiger partial charge >= 0.3 is 0 Å². The lowest BCUT2D eigenvalue weighted by Crippen LogP contribution is -2.52. The Bertz CT molecular complexity index is 1460. The van der Waals surface area contributed by atoms with Crippen molar-refractivity contribution in [2.24, 2.45) is 0 Å². The van der Waals surface area contributed by atoms with E-state index in [2.05, 4.69) is 5.32 Å². The fraction of sp³-hybridized carbons (Fsp3) is 0.333. The Morgan fingerprint density at radius 3 is 2.22 bits per heavy atom. The average Bonchev–Trinajstić information content (AvgIpc) is 3.48. The van der Waals surface area contributed by atoms with Crippen LogP contribution in [0.25, 0.3) is 0 Å². The Labute approximate surface area is 239 Å². The Balaban J connectivity index is 1.69. The molecule has 0 heterocycles. The number of amides is 2. The molecule has 1 fully saturated rings. The van der Waals surface area contributed by atoms with Crippen LogP contribution in [0.3, 0.4) is 0 Å². The van der Waals surface area contributed by atoms with Crippen LogP contribution in [0.5, 0.6) is 5.75 Å². The number of benzene rings is 3. The highest BCUT2D eigenvalue weighted by Crippen LogP contribution is 2.26. The molecular formula is C30H33F2N3O5S. The molecule has 0 radical (unpaired) electrons. The molecule has 0 saturated heterocycles. The molecule has 4 rings (SSSR count). The second-order valence-electron chi connectivity index (χ2n) is 9.94. The van der Waals surface area contributed by atoms with Crippen LogP contribution >= 0.6 is 0 Å². The number of halogens is 2. The van der Waals surface area contributed by atoms with Crippen LogP contribution in [0.2, 0.25) is 0 Å². The lowest BCUT2D eigenvalue weighted by Gasteiger charge is -2.32. The minimum atomic E-state index is -4.33. The van der Waals surface area contributed by atoms with Crippen LogP contribution in [0, 0.1) is 11.6 Å². The first kappa shape index (κ1) is 30.0. The van der Waals surface area contributed by atoms with E-state index in [0.717, 1.165) is 42.1 Å². The van der Waals surface area contributed by atoms with Gasteiger partial charge in [-0.3, -0.25) is 13.9 Å². The first-order valence-corrected chi connectivity index (χ1v) is 14.8. The van der Waals surface area contributed by atoms with E-state index in [9.17, 15) is 26.8 Å². The van der Waals surface area contributed by atoms with Gasteiger partial charge in [-0.25, -0.2) is 17.2 Å². The number of methoxy groups -OCH3 is 1. The van der Waals surface area contributed by atoms with Gasteiger partial charge in [0.05, 0.1) is 17.7 Å². The predicted molar refractivity (Wildman–Crippen MR) is 151 cm³/mol. The summed E-state index contributed by atoms with van der Waals surface area (Å²) in [6, 6.07) is 15.1. The van der Waals surface area contributed by atoms with E-state index in [4.69, 9.17) is 4.74 Å². The SMILES string of the molecule is COc1ccc(S(=O)(=O)N(CC(=O)N(Cc2ccccc2F)C(C)C(=O)NC2CCCC2)c2ccc(F)cc2)cc1. The highest BCUT2D eigenvalue weighted by Gasteiger charge is 2.33. The van der Waals surface area contributed by atoms with Gasteiger partial charge < -0.3 is 15.0 Å². The number of hydrogen-bond acceptors (Lipinski definition) is 5. The summed E-state index contributed by atoms with van der Waals surface area (Å²) in [5.41, 5.74) is 0.220. The number of carbonyl (C=O) groups is 2. The first-order chi connectivity index (χ1) is 19.6. The highest BCUT2D eigenvalue weighted by molar-refractivity contribution is 7.92. The Kier molecular flexibility index (Phi) is 9.59. The topological polar surface area (TPSA) is 96.0 Å². The Hall–Kier alpha value is -3.99. The number of nitrogens with one attached hydrogen (secondary N) is 1. The van der Waals surface area contributed by atoms with Crippen molar-refractivity contribution in [2.45, 2.75) is 56.1 Å². The molecule has 218 valence electrons. The van der Waals surface area contributed by atoms with Crippen LogP contribution in [-0.2, 0) is 26.2 Å². The molecule has 1 unspecified atom stereocenters. The van der Waals surface area contributed by atoms with E-state index in [1.165, 1.54) is 73.5 Å². The van der Waals surface area contributed by atoms with Crippen molar-refractivity contribution in [2.75, 3.05) is 18.0 Å². The highest BCUT2D eigenvalue weighted by atomic mass is 32.2. The molecule has 0 spiro atoms. The zero-order valence-corrected chi connectivity index (χ0v) is 23.7. The molecule has 1 atom stereocenters. The average molecular weight is 586 g/mol. The van der Waals surface area contributed by atoms with Gasteiger partial charge in [0, 0.05) is 18.2 Å². The van der Waals surface area contributed by atoms with Gasteiger partial charge in [-0.05, 0) is 74.4 Å². The maximum Gasteiger partial charge on any atom is 0.264 e. The van der Waals surface area contributed by atoms with Crippen molar-refractivity contribution in [1.82, 2.24) is 10.2 Å². The quantitative estimate of drug-likeness (QED) is 0.354. The minimum Gasteiger partial charge on any atom is -0.497 e. The van der Waals surface area contributed by atoms with Gasteiger partial charge in [-0.1, -0.05) is 31.0 Å². The van der Waals surface area contributed by atoms with Crippen LogP contribution < -0.4 is 14.4 Å². The third-order valence-electron chi connectivity index (χ3n) is 7.21. The van der Waals surface area contributed by atoms with E-state index in [-0.39, 0.29) is 28.7 Å². The van der Waals surface area contributed by atoms with Crippen molar-refractivity contribution in [1.29, 1.82) is 0 Å². The predicted octanol–water partition coefficient (Wildman–Crippen LogP) is 4.64. The second kappa shape index (κ2) is 13.1. The normalized spacial score (nSPS) is 14.3. The van der Waals surface area contributed by atoms with Crippen molar-refractivity contribution in [3.8, 4) is 5.75 Å². The van der Waals surface area contributed by atoms with E-state index < -0.39 is 46.1 Å². The largest absolute Gasteiger partial charge is 0.497 e. The van der Waals surface area contributed by atoms with E-state index in [1.54, 1.807) is 6.07 Å². The monoisotopic (exact) mass is 585 g/mol. The van der Waals surface area contributed by atoms with Crippen molar-refractivity contribution in [3.05, 3.63) is 90.0 Å². The third kappa shape index (κ3) is 7.21. The molecule has 0 aromatic heterocycles. The number of sulfonamides is 1. The summed E-state index contributed by atoms with van der Waals surface area (Å²) < 4.78 is 62.0. The third-order valence-corrected chi connectivity index (χ3v) is 9.00. The van der Waals surface area contributed by atoms with E-state index in [1.807, 2.05) is 0 Å². The van der Waals surface area contributed by atoms with Gasteiger partial charge in [-0.15, -0.1) is 0 Å². The lowest BCUT2D eigenvalue weighted by atomic mass is 10.1. The Morgan fingerprint density at radius 1 is 0.976 bits per heavy atom. The number of nitrogens with zero attached hydrogens (tertiary/aromatic N) is 2. The standard InChI is InChI=1S/C30H33F2N3O5S/c1-21(30(37)33-24-8-4-5-9-24)34(19-22-7-3-6-10-28(22)32)29(36)20-35(25-13-11-23(31)12-14-25)41(38,39)27-17-15-26(40-2)16-18-27/h3,6-7,10-18,21,24H,4-5,8-9,19-20H2,1-2H3,(H,33,37). The number of anilines is 1. The molecule has 41 heavy (non-hydrogen) atoms. The van der Waals surface area contributed by atoms with Gasteiger partial charge in [-0.2, -0.15) is 0 Å². The summed E-state index contributed by atoms with van der Waals surface area (Å²) in [5, 5.41) is 2.96. The molecule has 0 bridgehead atoms. The molecule has 3 aromatic rings. The molecule has 0 aliphatic heterocycles. The zero-order valence-electron chi connectivity index (χ0n) is 22.9. The van der Waals surface area contributed by atoms with Crippen molar-refractivity contribution >= 4 is 27.5 Å². The summed E-state index contributed by atoms with van der Waals surface area (Å²) in [6.07, 6.45) is 3.65. The van der Waals surface area contributed by atoms with Gasteiger partial charge in [0.1, 0.15) is 30.0 Å². The summed E-state index contributed by atoms with van der Waals surface area (Å²) in [5.74, 6) is -1.85. The second-order valence-corrected chi connectivity index (χ2v) is 11.8. The molecular weight excluding hydrogens is 552 g/mol. The van der Waals surface area contributed by atoms with Crippen LogP contribution in [0.1, 0.15) is 38.2 Å². The van der Waals surface area contributed by atoms with E-state index in [0.29, 0.717) is 5.75 Å². The lowest BCUT2D eigenvalue weighted by molar-refractivity contribution is -0.139. The maximum absolute atomic E-state index is 14.7. The molecule has 2 amide bonds. The number of carbonyl (C=O) groups excluding carboxylic acids is 2. The van der Waals surface area contributed by atoms with Crippen LogP contribution in [-0.4, -0.2) is 50.9 Å². The fourth-order valence-electron chi connectivity index (χ4n) is 4.80. The number of hydrogen-bond donors (Lipinski definition) is 1. The smallest absolute Gasteiger partial charge is 0.264 e. The van der Waals surface area contributed by atoms with Crippen molar-refractivity contribution in [3.63, 3.8) is 0 Å². The van der Waals surface area contributed by atoms with E-state index >= 15 is 0 Å². The maximum atomic E-state index is 14.7. The summed E-state index contributed by atoms with van der Waals surface area (Å²) >= 11 is 0. The Morgan fingerprint density at radius 2 is 1.61 bits per heavy atom. The first-order valence-electron chi connectivity index (χ1n) is 13.4. The molecule has 1 aliphatic rings. The fourth-order valence-corrected chi connectivity index (χ4v) is 6.21. The summed E-state index contributed by atoms with van der Waals surface area (Å²) in [4.78, 5) is 28.1. The zero-order chi connectivity index (χ0) is 29.6. The molecule has 1 saturated carbocycles. The van der Waals surface area contributed by atoms with Gasteiger partial charge in [0.2, 0.25) is 11.8 Å². The molecule has 1 N–H and O–H groups in total.